The molecule has 3 N–H and O–H groups in total. The van der Waals surface area contributed by atoms with E-state index in [2.05, 4.69) is 43.8 Å². The van der Waals surface area contributed by atoms with Gasteiger partial charge in [-0.2, -0.15) is 0 Å². The molecule has 214 valence electrons. The minimum atomic E-state index is -0.0237. The van der Waals surface area contributed by atoms with Gasteiger partial charge >= 0.3 is 0 Å². The number of hydrogen-bond donors (Lipinski definition) is 3. The van der Waals surface area contributed by atoms with Gasteiger partial charge in [0.1, 0.15) is 6.54 Å². The maximum atomic E-state index is 12.9. The van der Waals surface area contributed by atoms with Gasteiger partial charge in [-0.3, -0.25) is 9.59 Å². The maximum Gasteiger partial charge on any atom is 0.251 e. The molecule has 2 aromatic rings. The first kappa shape index (κ1) is 30.8. The summed E-state index contributed by atoms with van der Waals surface area (Å²) in [7, 11) is 6.16. The van der Waals surface area contributed by atoms with Crippen molar-refractivity contribution in [2.24, 2.45) is 0 Å². The summed E-state index contributed by atoms with van der Waals surface area (Å²) in [5, 5.41) is 17.7. The summed E-state index contributed by atoms with van der Waals surface area (Å²) in [6.45, 7) is 4.82. The molecule has 7 heteroatoms. The van der Waals surface area contributed by atoms with E-state index < -0.39 is 0 Å². The normalized spacial score (nSPS) is 18.4. The number of nitrogens with one attached hydrogen (secondary N) is 3. The minimum Gasteiger partial charge on any atom is -0.634 e. The SMILES string of the molecule is CCc1ccc(C(=O)NC2CCC(NC(=O)c3ccc(C[N+](C)(C)CCCCCC[NH+](C)[O-])cc3)CC2)cc1. The quantitative estimate of drug-likeness (QED) is 0.194. The summed E-state index contributed by atoms with van der Waals surface area (Å²) in [5.74, 6) is -0.0407. The van der Waals surface area contributed by atoms with Gasteiger partial charge in [-0.05, 0) is 87.6 Å². The van der Waals surface area contributed by atoms with Gasteiger partial charge in [0.15, 0.2) is 0 Å². The first-order chi connectivity index (χ1) is 18.6. The molecule has 0 aromatic heterocycles. The molecule has 39 heavy (non-hydrogen) atoms. The molecule has 2 amide bonds. The monoisotopic (exact) mass is 537 g/mol. The van der Waals surface area contributed by atoms with Crippen LogP contribution in [0.15, 0.2) is 48.5 Å². The third-order valence-corrected chi connectivity index (χ3v) is 7.89. The molecule has 0 bridgehead atoms. The first-order valence-electron chi connectivity index (χ1n) is 14.8. The Hall–Kier alpha value is -2.74. The van der Waals surface area contributed by atoms with Crippen LogP contribution in [0.3, 0.4) is 0 Å². The molecule has 3 rings (SSSR count). The molecule has 0 saturated heterocycles. The van der Waals surface area contributed by atoms with E-state index in [1.165, 1.54) is 11.1 Å². The highest BCUT2D eigenvalue weighted by atomic mass is 16.5. The Morgan fingerprint density at radius 1 is 0.795 bits per heavy atom. The highest BCUT2D eigenvalue weighted by molar-refractivity contribution is 5.95. The number of hydroxylamine groups is 2. The zero-order valence-corrected chi connectivity index (χ0v) is 24.4. The fourth-order valence-electron chi connectivity index (χ4n) is 5.41. The van der Waals surface area contributed by atoms with Crippen LogP contribution >= 0.6 is 0 Å². The molecule has 0 spiro atoms. The van der Waals surface area contributed by atoms with E-state index in [4.69, 9.17) is 0 Å². The Bertz CT molecular complexity index is 1030. The number of unbranched alkanes of at least 4 members (excludes halogenated alkanes) is 3. The summed E-state index contributed by atoms with van der Waals surface area (Å²) >= 11 is 0. The molecule has 1 unspecified atom stereocenters. The zero-order chi connectivity index (χ0) is 28.3. The van der Waals surface area contributed by atoms with Crippen LogP contribution in [0.25, 0.3) is 0 Å². The number of nitrogens with zero attached hydrogens (tertiary/aromatic N) is 1. The number of amides is 2. The van der Waals surface area contributed by atoms with Crippen LogP contribution in [0.2, 0.25) is 0 Å². The Balaban J connectivity index is 1.37. The molecule has 1 aliphatic rings. The Kier molecular flexibility index (Phi) is 12.0. The second-order valence-corrected chi connectivity index (χ2v) is 11.9. The second kappa shape index (κ2) is 15.2. The Labute approximate surface area is 235 Å². The van der Waals surface area contributed by atoms with Gasteiger partial charge in [0.25, 0.3) is 11.8 Å². The number of aryl methyl sites for hydroxylation is 1. The van der Waals surface area contributed by atoms with Crippen molar-refractivity contribution in [3.05, 3.63) is 76.0 Å². The number of benzene rings is 2. The maximum absolute atomic E-state index is 12.9. The highest BCUT2D eigenvalue weighted by Gasteiger charge is 2.24. The van der Waals surface area contributed by atoms with Crippen LogP contribution in [-0.4, -0.2) is 62.6 Å². The number of carbonyl (C=O) groups excluding carboxylic acids is 2. The van der Waals surface area contributed by atoms with Gasteiger partial charge < -0.3 is 25.4 Å². The molecule has 1 fully saturated rings. The highest BCUT2D eigenvalue weighted by Crippen LogP contribution is 2.20. The van der Waals surface area contributed by atoms with Crippen molar-refractivity contribution in [3.63, 3.8) is 0 Å². The fourth-order valence-corrected chi connectivity index (χ4v) is 5.41. The van der Waals surface area contributed by atoms with E-state index in [0.717, 1.165) is 75.4 Å². The molecular formula is C32H49N4O3+. The van der Waals surface area contributed by atoms with E-state index in [1.807, 2.05) is 36.4 Å². The smallest absolute Gasteiger partial charge is 0.251 e. The third-order valence-electron chi connectivity index (χ3n) is 7.89. The van der Waals surface area contributed by atoms with Crippen LogP contribution < -0.4 is 15.7 Å². The van der Waals surface area contributed by atoms with E-state index >= 15 is 0 Å². The largest absolute Gasteiger partial charge is 0.634 e. The zero-order valence-electron chi connectivity index (χ0n) is 24.4. The molecular weight excluding hydrogens is 488 g/mol. The molecule has 7 nitrogen and oxygen atoms in total. The molecule has 0 aliphatic heterocycles. The molecule has 0 heterocycles. The lowest BCUT2D eigenvalue weighted by Crippen LogP contribution is -3.03. The van der Waals surface area contributed by atoms with Gasteiger partial charge in [-0.1, -0.05) is 31.2 Å². The predicted molar refractivity (Wildman–Crippen MR) is 158 cm³/mol. The van der Waals surface area contributed by atoms with E-state index in [9.17, 15) is 14.8 Å². The average molecular weight is 538 g/mol. The standard InChI is InChI=1S/C32H48N4O3/c1-5-25-10-14-27(15-11-25)31(37)33-29-18-20-30(21-19-29)34-32(38)28-16-12-26(13-17-28)24-36(3,4)23-9-7-6-8-22-35(2)39/h10-17,29-30,35H,5-9,18-24H2,1-4H3,(H-,33,34,37,38)/p+1. The predicted octanol–water partition coefficient (Wildman–Crippen LogP) is 3.87. The van der Waals surface area contributed by atoms with Crippen molar-refractivity contribution in [1.29, 1.82) is 0 Å². The Morgan fingerprint density at radius 3 is 1.72 bits per heavy atom. The van der Waals surface area contributed by atoms with Crippen molar-refractivity contribution < 1.29 is 19.1 Å². The van der Waals surface area contributed by atoms with Crippen LogP contribution in [0, 0.1) is 5.21 Å². The summed E-state index contributed by atoms with van der Waals surface area (Å²) in [4.78, 5) is 25.5. The van der Waals surface area contributed by atoms with Crippen molar-refractivity contribution in [2.75, 3.05) is 34.2 Å². The fraction of sp³-hybridized carbons (Fsp3) is 0.562. The molecule has 0 radical (unpaired) electrons. The van der Waals surface area contributed by atoms with Crippen LogP contribution in [-0.2, 0) is 13.0 Å². The number of carbonyl (C=O) groups is 2. The van der Waals surface area contributed by atoms with Crippen molar-refractivity contribution in [1.82, 2.24) is 10.6 Å². The Morgan fingerprint density at radius 2 is 1.26 bits per heavy atom. The summed E-state index contributed by atoms with van der Waals surface area (Å²) < 4.78 is 0.905. The first-order valence-corrected chi connectivity index (χ1v) is 14.8. The van der Waals surface area contributed by atoms with Gasteiger partial charge in [0.05, 0.1) is 34.2 Å². The number of hydrogen-bond acceptors (Lipinski definition) is 3. The lowest BCUT2D eigenvalue weighted by atomic mass is 9.90. The summed E-state index contributed by atoms with van der Waals surface area (Å²) in [6.07, 6.45) is 8.86. The molecule has 2 aromatic carbocycles. The van der Waals surface area contributed by atoms with Gasteiger partial charge in [0.2, 0.25) is 0 Å². The van der Waals surface area contributed by atoms with Crippen LogP contribution in [0.4, 0.5) is 0 Å². The molecule has 1 aliphatic carbocycles. The van der Waals surface area contributed by atoms with E-state index in [0.29, 0.717) is 17.7 Å². The van der Waals surface area contributed by atoms with Gasteiger partial charge in [-0.15, -0.1) is 0 Å². The second-order valence-electron chi connectivity index (χ2n) is 11.9. The lowest BCUT2D eigenvalue weighted by Gasteiger charge is -2.30. The van der Waals surface area contributed by atoms with E-state index in [1.54, 1.807) is 7.05 Å². The summed E-state index contributed by atoms with van der Waals surface area (Å²) in [6, 6.07) is 16.1. The van der Waals surface area contributed by atoms with Crippen LogP contribution in [0.1, 0.15) is 90.1 Å². The minimum absolute atomic E-state index is 0.0170. The van der Waals surface area contributed by atoms with Crippen LogP contribution in [0.5, 0.6) is 0 Å². The summed E-state index contributed by atoms with van der Waals surface area (Å²) in [5.41, 5.74) is 3.86. The molecule has 1 atom stereocenters. The van der Waals surface area contributed by atoms with Gasteiger partial charge in [0, 0.05) is 28.8 Å². The van der Waals surface area contributed by atoms with Gasteiger partial charge in [-0.25, -0.2) is 0 Å². The average Bonchev–Trinajstić information content (AvgIpc) is 2.91. The molecule has 1 saturated carbocycles. The number of quaternary nitrogens is 2. The lowest BCUT2D eigenvalue weighted by molar-refractivity contribution is -0.903. The topological polar surface area (TPSA) is 85.7 Å². The van der Waals surface area contributed by atoms with Crippen molar-refractivity contribution in [2.45, 2.75) is 83.3 Å². The number of rotatable bonds is 14. The van der Waals surface area contributed by atoms with Crippen molar-refractivity contribution in [3.8, 4) is 0 Å². The third kappa shape index (κ3) is 10.7. The van der Waals surface area contributed by atoms with Crippen molar-refractivity contribution >= 4 is 11.8 Å². The van der Waals surface area contributed by atoms with E-state index in [-0.39, 0.29) is 29.0 Å².